The zero-order valence-electron chi connectivity index (χ0n) is 17.5. The van der Waals surface area contributed by atoms with Gasteiger partial charge in [0, 0.05) is 11.6 Å². The van der Waals surface area contributed by atoms with E-state index in [-0.39, 0.29) is 30.0 Å². The monoisotopic (exact) mass is 388 g/mol. The number of nitrogens with zero attached hydrogens (tertiary/aromatic N) is 1. The van der Waals surface area contributed by atoms with Crippen LogP contribution in [-0.4, -0.2) is 48.1 Å². The summed E-state index contributed by atoms with van der Waals surface area (Å²) in [6.45, 7) is 8.28. The van der Waals surface area contributed by atoms with E-state index in [0.29, 0.717) is 5.92 Å². The minimum atomic E-state index is -0.724. The van der Waals surface area contributed by atoms with Crippen molar-refractivity contribution in [3.63, 3.8) is 0 Å². The van der Waals surface area contributed by atoms with Crippen molar-refractivity contribution >= 4 is 11.8 Å². The molecule has 0 aromatic heterocycles. The molecule has 1 saturated carbocycles. The second-order valence-electron chi connectivity index (χ2n) is 8.95. The van der Waals surface area contributed by atoms with Crippen LogP contribution in [0.25, 0.3) is 0 Å². The quantitative estimate of drug-likeness (QED) is 0.779. The Morgan fingerprint density at radius 1 is 1.29 bits per heavy atom. The Kier molecular flexibility index (Phi) is 5.98. The van der Waals surface area contributed by atoms with Gasteiger partial charge in [-0.2, -0.15) is 0 Å². The normalized spacial score (nSPS) is 23.1. The Balaban J connectivity index is 1.88. The summed E-state index contributed by atoms with van der Waals surface area (Å²) in [6.07, 6.45) is 2.10. The molecule has 6 heteroatoms. The lowest BCUT2D eigenvalue weighted by atomic mass is 9.91. The first-order valence-electron chi connectivity index (χ1n) is 10.1. The van der Waals surface area contributed by atoms with E-state index in [1.165, 1.54) is 0 Å². The predicted molar refractivity (Wildman–Crippen MR) is 107 cm³/mol. The van der Waals surface area contributed by atoms with Crippen LogP contribution in [0.1, 0.15) is 58.6 Å². The smallest absolute Gasteiger partial charge is 0.252 e. The van der Waals surface area contributed by atoms with Crippen molar-refractivity contribution in [2.45, 2.75) is 70.7 Å². The third-order valence-electron chi connectivity index (χ3n) is 5.30. The minimum Gasteiger partial charge on any atom is -0.497 e. The molecule has 0 unspecified atom stereocenters. The van der Waals surface area contributed by atoms with Gasteiger partial charge < -0.3 is 19.7 Å². The molecule has 1 aromatic carbocycles. The number of benzene rings is 1. The zero-order chi connectivity index (χ0) is 20.5. The average Bonchev–Trinajstić information content (AvgIpc) is 3.44. The molecule has 1 N–H and O–H groups in total. The summed E-state index contributed by atoms with van der Waals surface area (Å²) < 4.78 is 11.1. The van der Waals surface area contributed by atoms with E-state index in [4.69, 9.17) is 9.47 Å². The van der Waals surface area contributed by atoms with Gasteiger partial charge in [-0.15, -0.1) is 0 Å². The van der Waals surface area contributed by atoms with Gasteiger partial charge in [-0.25, -0.2) is 0 Å². The lowest BCUT2D eigenvalue weighted by Gasteiger charge is -2.42. The van der Waals surface area contributed by atoms with Crippen molar-refractivity contribution in [3.05, 3.63) is 29.8 Å². The van der Waals surface area contributed by atoms with Gasteiger partial charge in [0.15, 0.2) is 6.10 Å². The van der Waals surface area contributed by atoms with E-state index in [0.717, 1.165) is 30.6 Å². The van der Waals surface area contributed by atoms with Gasteiger partial charge in [-0.3, -0.25) is 9.59 Å². The molecule has 1 aliphatic heterocycles. The van der Waals surface area contributed by atoms with E-state index in [2.05, 4.69) is 19.2 Å². The van der Waals surface area contributed by atoms with Gasteiger partial charge in [0.2, 0.25) is 5.91 Å². The predicted octanol–water partition coefficient (Wildman–Crippen LogP) is 3.07. The van der Waals surface area contributed by atoms with Crippen LogP contribution in [0.4, 0.5) is 0 Å². The number of carbonyl (C=O) groups excluding carboxylic acids is 2. The summed E-state index contributed by atoms with van der Waals surface area (Å²) in [6, 6.07) is 7.33. The highest BCUT2D eigenvalue weighted by Gasteiger charge is 2.48. The van der Waals surface area contributed by atoms with E-state index < -0.39 is 12.1 Å². The van der Waals surface area contributed by atoms with Gasteiger partial charge in [0.25, 0.3) is 5.91 Å². The second-order valence-corrected chi connectivity index (χ2v) is 8.95. The van der Waals surface area contributed by atoms with Crippen LogP contribution < -0.4 is 10.1 Å². The number of hydrogen-bond donors (Lipinski definition) is 1. The molecule has 6 nitrogen and oxygen atoms in total. The number of amides is 2. The highest BCUT2D eigenvalue weighted by atomic mass is 16.5. The van der Waals surface area contributed by atoms with Crippen molar-refractivity contribution < 1.29 is 19.1 Å². The largest absolute Gasteiger partial charge is 0.497 e. The molecule has 28 heavy (non-hydrogen) atoms. The van der Waals surface area contributed by atoms with Crippen LogP contribution in [0.3, 0.4) is 0 Å². The SMILES string of the molecule is COc1ccc([C@@H]2[C@@H](C(=O)NC(C)(C)CC(C)C)OCC(=O)N2C2CC2)cc1. The fraction of sp³-hybridized carbons (Fsp3) is 0.636. The third kappa shape index (κ3) is 4.66. The number of rotatable bonds is 7. The van der Waals surface area contributed by atoms with Gasteiger partial charge in [-0.05, 0) is 56.7 Å². The first kappa shape index (κ1) is 20.6. The number of methoxy groups -OCH3 is 1. The summed E-state index contributed by atoms with van der Waals surface area (Å²) in [4.78, 5) is 27.7. The maximum atomic E-state index is 13.2. The summed E-state index contributed by atoms with van der Waals surface area (Å²) >= 11 is 0. The Hall–Kier alpha value is -2.08. The lowest BCUT2D eigenvalue weighted by molar-refractivity contribution is -0.166. The Bertz CT molecular complexity index is 710. The van der Waals surface area contributed by atoms with Crippen LogP contribution in [0.2, 0.25) is 0 Å². The van der Waals surface area contributed by atoms with E-state index in [9.17, 15) is 9.59 Å². The molecule has 154 valence electrons. The molecule has 1 saturated heterocycles. The van der Waals surface area contributed by atoms with Crippen LogP contribution in [0.15, 0.2) is 24.3 Å². The summed E-state index contributed by atoms with van der Waals surface area (Å²) in [5, 5.41) is 3.15. The summed E-state index contributed by atoms with van der Waals surface area (Å²) in [7, 11) is 1.62. The molecule has 0 bridgehead atoms. The molecule has 2 amide bonds. The molecule has 0 spiro atoms. The number of nitrogens with one attached hydrogen (secondary N) is 1. The average molecular weight is 389 g/mol. The fourth-order valence-corrected chi connectivity index (χ4v) is 4.24. The number of carbonyl (C=O) groups is 2. The molecular weight excluding hydrogens is 356 g/mol. The van der Waals surface area contributed by atoms with Gasteiger partial charge in [0.05, 0.1) is 13.2 Å². The molecule has 3 rings (SSSR count). The van der Waals surface area contributed by atoms with E-state index >= 15 is 0 Å². The highest BCUT2D eigenvalue weighted by molar-refractivity contribution is 5.87. The van der Waals surface area contributed by atoms with Crippen molar-refractivity contribution in [3.8, 4) is 5.75 Å². The molecule has 1 aromatic rings. The molecule has 0 radical (unpaired) electrons. The Labute approximate surface area is 167 Å². The number of morpholine rings is 1. The first-order chi connectivity index (χ1) is 13.2. The maximum Gasteiger partial charge on any atom is 0.252 e. The standard InChI is InChI=1S/C22H32N2O4/c1-14(2)12-22(3,4)23-21(26)20-19(15-6-10-17(27-5)11-7-15)24(16-8-9-16)18(25)13-28-20/h6-7,10-11,14,16,19-20H,8-9,12-13H2,1-5H3,(H,23,26)/t19-,20+/m1/s1. The van der Waals surface area contributed by atoms with Crippen LogP contribution in [0, 0.1) is 5.92 Å². The Morgan fingerprint density at radius 2 is 1.93 bits per heavy atom. The molecule has 2 fully saturated rings. The minimum absolute atomic E-state index is 0.0474. The lowest BCUT2D eigenvalue weighted by Crippen LogP contribution is -2.58. The molecule has 1 heterocycles. The molecule has 1 aliphatic carbocycles. The van der Waals surface area contributed by atoms with Crippen molar-refractivity contribution in [2.24, 2.45) is 5.92 Å². The first-order valence-corrected chi connectivity index (χ1v) is 10.1. The third-order valence-corrected chi connectivity index (χ3v) is 5.30. The van der Waals surface area contributed by atoms with Gasteiger partial charge in [0.1, 0.15) is 12.4 Å². The number of ether oxygens (including phenoxy) is 2. The molecule has 2 aliphatic rings. The number of hydrogen-bond acceptors (Lipinski definition) is 4. The van der Waals surface area contributed by atoms with E-state index in [1.807, 2.05) is 43.0 Å². The van der Waals surface area contributed by atoms with Crippen LogP contribution in [0.5, 0.6) is 5.75 Å². The molecular formula is C22H32N2O4. The summed E-state index contributed by atoms with van der Waals surface area (Å²) in [5.74, 6) is 0.992. The van der Waals surface area contributed by atoms with Crippen LogP contribution in [-0.2, 0) is 14.3 Å². The second kappa shape index (κ2) is 8.11. The Morgan fingerprint density at radius 3 is 2.46 bits per heavy atom. The van der Waals surface area contributed by atoms with Crippen molar-refractivity contribution in [1.29, 1.82) is 0 Å². The molecule has 2 atom stereocenters. The van der Waals surface area contributed by atoms with E-state index in [1.54, 1.807) is 7.11 Å². The maximum absolute atomic E-state index is 13.2. The zero-order valence-corrected chi connectivity index (χ0v) is 17.5. The summed E-state index contributed by atoms with van der Waals surface area (Å²) in [5.41, 5.74) is 0.549. The fourth-order valence-electron chi connectivity index (χ4n) is 4.24. The van der Waals surface area contributed by atoms with Crippen molar-refractivity contribution in [2.75, 3.05) is 13.7 Å². The van der Waals surface area contributed by atoms with Crippen LogP contribution >= 0.6 is 0 Å². The topological polar surface area (TPSA) is 67.9 Å². The highest BCUT2D eigenvalue weighted by Crippen LogP contribution is 2.40. The van der Waals surface area contributed by atoms with Crippen molar-refractivity contribution in [1.82, 2.24) is 10.2 Å². The van der Waals surface area contributed by atoms with Gasteiger partial charge in [-0.1, -0.05) is 26.0 Å². The van der Waals surface area contributed by atoms with Gasteiger partial charge >= 0.3 is 0 Å².